The van der Waals surface area contributed by atoms with Gasteiger partial charge in [0, 0.05) is 12.6 Å². The van der Waals surface area contributed by atoms with Gasteiger partial charge in [-0.2, -0.15) is 0 Å². The largest absolute Gasteiger partial charge is 0.476 e. The first-order chi connectivity index (χ1) is 17.1. The van der Waals surface area contributed by atoms with Crippen LogP contribution in [0.2, 0.25) is 0 Å². The minimum Gasteiger partial charge on any atom is -0.476 e. The van der Waals surface area contributed by atoms with Gasteiger partial charge in [-0.15, -0.1) is 0 Å². The molecule has 5 nitrogen and oxygen atoms in total. The Morgan fingerprint density at radius 2 is 1.40 bits per heavy atom. The lowest BCUT2D eigenvalue weighted by Gasteiger charge is -2.34. The molecule has 0 saturated carbocycles. The summed E-state index contributed by atoms with van der Waals surface area (Å²) in [6.45, 7) is 1.35. The van der Waals surface area contributed by atoms with Crippen molar-refractivity contribution in [1.29, 1.82) is 0 Å². The molecular weight excluding hydrogens is 434 g/mol. The number of benzene rings is 3. The number of hydrogen-bond donors (Lipinski definition) is 1. The van der Waals surface area contributed by atoms with Crippen LogP contribution in [0.3, 0.4) is 0 Å². The average molecular weight is 466 g/mol. The molecule has 0 saturated heterocycles. The molecule has 4 aromatic rings. The number of nitrogens with one attached hydrogen (secondary N) is 1. The fourth-order valence-electron chi connectivity index (χ4n) is 4.17. The average Bonchev–Trinajstić information content (AvgIpc) is 2.89. The van der Waals surface area contributed by atoms with E-state index in [2.05, 4.69) is 22.4 Å². The zero-order valence-corrected chi connectivity index (χ0v) is 20.2. The Morgan fingerprint density at radius 1 is 0.829 bits per heavy atom. The number of hydrogen-bond acceptors (Lipinski definition) is 4. The Kier molecular flexibility index (Phi) is 7.91. The molecule has 4 rings (SSSR count). The van der Waals surface area contributed by atoms with Crippen molar-refractivity contribution in [3.63, 3.8) is 0 Å². The molecule has 0 aliphatic carbocycles. The molecule has 0 unspecified atom stereocenters. The van der Waals surface area contributed by atoms with E-state index in [1.54, 1.807) is 12.3 Å². The summed E-state index contributed by atoms with van der Waals surface area (Å²) in [5.74, 6) is 0.424. The van der Waals surface area contributed by atoms with Crippen LogP contribution < -0.4 is 10.1 Å². The third-order valence-electron chi connectivity index (χ3n) is 6.02. The molecule has 0 fully saturated rings. The van der Waals surface area contributed by atoms with Gasteiger partial charge in [0.15, 0.2) is 0 Å². The van der Waals surface area contributed by atoms with Crippen molar-refractivity contribution in [2.24, 2.45) is 0 Å². The molecule has 1 heterocycles. The molecule has 0 aliphatic heterocycles. The predicted octanol–water partition coefficient (Wildman–Crippen LogP) is 5.19. The van der Waals surface area contributed by atoms with Crippen LogP contribution >= 0.6 is 0 Å². The van der Waals surface area contributed by atoms with E-state index in [-0.39, 0.29) is 5.91 Å². The first kappa shape index (κ1) is 24.2. The second-order valence-corrected chi connectivity index (χ2v) is 8.79. The third kappa shape index (κ3) is 5.94. The second-order valence-electron chi connectivity index (χ2n) is 8.79. The molecule has 0 atom stereocenters. The number of carbonyl (C=O) groups is 1. The van der Waals surface area contributed by atoms with E-state index in [0.29, 0.717) is 24.6 Å². The molecule has 1 aromatic heterocycles. The van der Waals surface area contributed by atoms with Crippen molar-refractivity contribution < 1.29 is 9.53 Å². The van der Waals surface area contributed by atoms with Crippen LogP contribution in [0.5, 0.6) is 5.88 Å². The van der Waals surface area contributed by atoms with Gasteiger partial charge >= 0.3 is 0 Å². The van der Waals surface area contributed by atoms with Crippen molar-refractivity contribution in [3.8, 4) is 5.88 Å². The van der Waals surface area contributed by atoms with Crippen LogP contribution in [0.25, 0.3) is 0 Å². The number of aromatic nitrogens is 1. The maximum atomic E-state index is 14.2. The van der Waals surface area contributed by atoms with Crippen molar-refractivity contribution >= 4 is 11.6 Å². The van der Waals surface area contributed by atoms with E-state index in [9.17, 15) is 4.79 Å². The van der Waals surface area contributed by atoms with Crippen LogP contribution in [0.1, 0.15) is 16.7 Å². The fourth-order valence-corrected chi connectivity index (χ4v) is 4.17. The number of amides is 1. The topological polar surface area (TPSA) is 54.5 Å². The van der Waals surface area contributed by atoms with E-state index in [1.807, 2.05) is 104 Å². The van der Waals surface area contributed by atoms with Gasteiger partial charge in [-0.1, -0.05) is 91.0 Å². The maximum Gasteiger partial charge on any atom is 0.239 e. The van der Waals surface area contributed by atoms with E-state index in [1.165, 1.54) is 0 Å². The lowest BCUT2D eigenvalue weighted by molar-refractivity contribution is -0.120. The van der Waals surface area contributed by atoms with Crippen molar-refractivity contribution in [1.82, 2.24) is 9.88 Å². The molecule has 178 valence electrons. The summed E-state index contributed by atoms with van der Waals surface area (Å²) >= 11 is 0. The van der Waals surface area contributed by atoms with Gasteiger partial charge in [0.2, 0.25) is 11.8 Å². The zero-order chi connectivity index (χ0) is 24.5. The van der Waals surface area contributed by atoms with Gasteiger partial charge in [-0.3, -0.25) is 4.79 Å². The first-order valence-electron chi connectivity index (χ1n) is 11.8. The fraction of sp³-hybridized carbons (Fsp3) is 0.200. The van der Waals surface area contributed by atoms with E-state index < -0.39 is 5.41 Å². The number of anilines is 1. The molecule has 0 radical (unpaired) electrons. The Bertz CT molecular complexity index is 1160. The number of nitrogens with zero attached hydrogens (tertiary/aromatic N) is 2. The summed E-state index contributed by atoms with van der Waals surface area (Å²) in [6.07, 6.45) is 2.17. The van der Waals surface area contributed by atoms with E-state index >= 15 is 0 Å². The highest BCUT2D eigenvalue weighted by atomic mass is 16.5. The van der Waals surface area contributed by atoms with Gasteiger partial charge in [0.25, 0.3) is 0 Å². The number of pyridine rings is 1. The number of rotatable bonds is 10. The van der Waals surface area contributed by atoms with Gasteiger partial charge < -0.3 is 15.0 Å². The molecule has 35 heavy (non-hydrogen) atoms. The molecule has 1 amide bonds. The maximum absolute atomic E-state index is 14.2. The Hall–Kier alpha value is -3.96. The summed E-state index contributed by atoms with van der Waals surface area (Å²) in [5.41, 5.74) is 2.65. The standard InChI is InChI=1S/C30H31N3O2/c1-33(2)20-21-35-28-19-18-27(23-31-28)32-29(34)30(25-14-8-4-9-15-25,26-16-10-5-11-17-26)22-24-12-6-3-7-13-24/h3-19,23H,20-22H2,1-2H3,(H,32,34). The zero-order valence-electron chi connectivity index (χ0n) is 20.2. The Morgan fingerprint density at radius 3 is 1.91 bits per heavy atom. The molecule has 1 N–H and O–H groups in total. The van der Waals surface area contributed by atoms with Crippen LogP contribution in [0.4, 0.5) is 5.69 Å². The smallest absolute Gasteiger partial charge is 0.239 e. The minimum absolute atomic E-state index is 0.109. The highest BCUT2D eigenvalue weighted by molar-refractivity contribution is 6.02. The summed E-state index contributed by atoms with van der Waals surface area (Å²) in [6, 6.07) is 33.7. The molecule has 0 aliphatic rings. The normalized spacial score (nSPS) is 11.3. The predicted molar refractivity (Wildman–Crippen MR) is 141 cm³/mol. The number of carbonyl (C=O) groups excluding carboxylic acids is 1. The Balaban J connectivity index is 1.68. The van der Waals surface area contributed by atoms with Gasteiger partial charge in [0.05, 0.1) is 11.9 Å². The molecule has 0 bridgehead atoms. The van der Waals surface area contributed by atoms with Gasteiger partial charge in [-0.25, -0.2) is 4.98 Å². The van der Waals surface area contributed by atoms with Crippen LogP contribution in [-0.4, -0.2) is 43.0 Å². The van der Waals surface area contributed by atoms with Crippen molar-refractivity contribution in [2.45, 2.75) is 11.8 Å². The molecule has 0 spiro atoms. The second kappa shape index (κ2) is 11.4. The van der Waals surface area contributed by atoms with Crippen LogP contribution in [-0.2, 0) is 16.6 Å². The summed E-state index contributed by atoms with van der Waals surface area (Å²) in [5, 5.41) is 3.14. The highest BCUT2D eigenvalue weighted by Crippen LogP contribution is 2.37. The van der Waals surface area contributed by atoms with Gasteiger partial charge in [0.1, 0.15) is 12.0 Å². The van der Waals surface area contributed by atoms with Crippen molar-refractivity contribution in [3.05, 3.63) is 126 Å². The quantitative estimate of drug-likeness (QED) is 0.350. The van der Waals surface area contributed by atoms with Crippen LogP contribution in [0.15, 0.2) is 109 Å². The lowest BCUT2D eigenvalue weighted by Crippen LogP contribution is -2.43. The number of likely N-dealkylation sites (N-methyl/N-ethyl adjacent to an activating group) is 1. The van der Waals surface area contributed by atoms with Crippen LogP contribution in [0, 0.1) is 0 Å². The number of ether oxygens (including phenoxy) is 1. The summed E-state index contributed by atoms with van der Waals surface area (Å²) in [7, 11) is 3.99. The molecule has 5 heteroatoms. The highest BCUT2D eigenvalue weighted by Gasteiger charge is 2.42. The molecule has 3 aromatic carbocycles. The summed E-state index contributed by atoms with van der Waals surface area (Å²) < 4.78 is 5.70. The third-order valence-corrected chi connectivity index (χ3v) is 6.02. The SMILES string of the molecule is CN(C)CCOc1ccc(NC(=O)C(Cc2ccccc2)(c2ccccc2)c2ccccc2)cn1. The minimum atomic E-state index is -0.926. The monoisotopic (exact) mass is 465 g/mol. The van der Waals surface area contributed by atoms with E-state index in [4.69, 9.17) is 4.74 Å². The lowest BCUT2D eigenvalue weighted by atomic mass is 9.69. The Labute approximate surface area is 207 Å². The molecular formula is C30H31N3O2. The first-order valence-corrected chi connectivity index (χ1v) is 11.8. The van der Waals surface area contributed by atoms with E-state index in [0.717, 1.165) is 23.2 Å². The van der Waals surface area contributed by atoms with Crippen molar-refractivity contribution in [2.75, 3.05) is 32.6 Å². The summed E-state index contributed by atoms with van der Waals surface area (Å²) in [4.78, 5) is 20.6. The van der Waals surface area contributed by atoms with Gasteiger partial charge in [-0.05, 0) is 43.3 Å².